The predicted octanol–water partition coefficient (Wildman–Crippen LogP) is 1.76. The number of carbonyl (C=O) groups is 1. The van der Waals surface area contributed by atoms with Gasteiger partial charge < -0.3 is 10.6 Å². The van der Waals surface area contributed by atoms with Crippen LogP contribution in [0.25, 0.3) is 0 Å². The summed E-state index contributed by atoms with van der Waals surface area (Å²) in [5, 5.41) is 5.71. The van der Waals surface area contributed by atoms with Crippen molar-refractivity contribution in [1.29, 1.82) is 0 Å². The normalized spacial score (nSPS) is 14.8. The second-order valence-electron chi connectivity index (χ2n) is 4.13. The van der Waals surface area contributed by atoms with E-state index in [1.165, 1.54) is 25.0 Å². The highest BCUT2D eigenvalue weighted by molar-refractivity contribution is 5.92. The Bertz CT molecular complexity index is 377. The van der Waals surface area contributed by atoms with E-state index in [9.17, 15) is 9.18 Å². The highest BCUT2D eigenvalue weighted by Gasteiger charge is 2.20. The van der Waals surface area contributed by atoms with Crippen molar-refractivity contribution in [2.75, 3.05) is 18.4 Å². The molecule has 0 atom stereocenters. The maximum atomic E-state index is 12.8. The van der Waals surface area contributed by atoms with E-state index in [-0.39, 0.29) is 18.3 Å². The molecule has 2 N–H and O–H groups in total. The number of hydrogen-bond donors (Lipinski definition) is 2. The van der Waals surface area contributed by atoms with Crippen molar-refractivity contribution in [1.82, 2.24) is 5.32 Å². The lowest BCUT2D eigenvalue weighted by molar-refractivity contribution is -0.115. The Morgan fingerprint density at radius 1 is 1.44 bits per heavy atom. The molecule has 1 aliphatic carbocycles. The van der Waals surface area contributed by atoms with Crippen LogP contribution in [0.2, 0.25) is 0 Å². The maximum absolute atomic E-state index is 12.8. The van der Waals surface area contributed by atoms with Crippen molar-refractivity contribution in [2.45, 2.75) is 12.8 Å². The smallest absolute Gasteiger partial charge is 0.238 e. The lowest BCUT2D eigenvalue weighted by Gasteiger charge is -2.06. The van der Waals surface area contributed by atoms with Crippen LogP contribution < -0.4 is 10.6 Å². The number of rotatable bonds is 5. The fraction of sp³-hybridized carbons (Fsp3) is 0.417. The van der Waals surface area contributed by atoms with Crippen LogP contribution in [0.15, 0.2) is 24.3 Å². The molecule has 0 aliphatic heterocycles. The van der Waals surface area contributed by atoms with Gasteiger partial charge in [0, 0.05) is 5.69 Å². The Labute approximate surface area is 94.0 Å². The fourth-order valence-corrected chi connectivity index (χ4v) is 1.48. The van der Waals surface area contributed by atoms with E-state index in [0.29, 0.717) is 5.69 Å². The van der Waals surface area contributed by atoms with Gasteiger partial charge in [0.05, 0.1) is 6.54 Å². The number of benzene rings is 1. The van der Waals surface area contributed by atoms with Gasteiger partial charge in [0.25, 0.3) is 0 Å². The molecule has 0 unspecified atom stereocenters. The molecule has 0 bridgehead atoms. The van der Waals surface area contributed by atoms with Crippen LogP contribution in [0.1, 0.15) is 12.8 Å². The first kappa shape index (κ1) is 11.1. The van der Waals surface area contributed by atoms with E-state index >= 15 is 0 Å². The van der Waals surface area contributed by atoms with Gasteiger partial charge in [-0.15, -0.1) is 0 Å². The summed E-state index contributed by atoms with van der Waals surface area (Å²) < 4.78 is 12.8. The minimum atomic E-state index is -0.344. The molecule has 1 fully saturated rings. The minimum Gasteiger partial charge on any atom is -0.325 e. The maximum Gasteiger partial charge on any atom is 0.238 e. The summed E-state index contributed by atoms with van der Waals surface area (Å²) in [5.41, 5.74) is 0.498. The first-order valence-corrected chi connectivity index (χ1v) is 5.50. The predicted molar refractivity (Wildman–Crippen MR) is 60.6 cm³/mol. The molecule has 1 aromatic carbocycles. The molecular formula is C12H15FN2O. The zero-order valence-corrected chi connectivity index (χ0v) is 9.00. The van der Waals surface area contributed by atoms with Gasteiger partial charge in [0.1, 0.15) is 5.82 Å². The van der Waals surface area contributed by atoms with E-state index in [1.54, 1.807) is 12.1 Å². The van der Waals surface area contributed by atoms with Gasteiger partial charge in [-0.3, -0.25) is 4.79 Å². The van der Waals surface area contributed by atoms with Gasteiger partial charge in [-0.25, -0.2) is 4.39 Å². The second-order valence-corrected chi connectivity index (χ2v) is 4.13. The van der Waals surface area contributed by atoms with Crippen molar-refractivity contribution in [3.8, 4) is 0 Å². The third-order valence-corrected chi connectivity index (χ3v) is 2.52. The average molecular weight is 222 g/mol. The van der Waals surface area contributed by atoms with Crippen molar-refractivity contribution in [3.05, 3.63) is 30.1 Å². The fourth-order valence-electron chi connectivity index (χ4n) is 1.48. The summed E-state index contributed by atoms with van der Waals surface area (Å²) in [5.74, 6) is 0.275. The molecule has 1 aromatic rings. The number of carbonyl (C=O) groups excluding carboxylic acids is 1. The van der Waals surface area contributed by atoms with Crippen molar-refractivity contribution in [2.24, 2.45) is 5.92 Å². The van der Waals surface area contributed by atoms with E-state index < -0.39 is 0 Å². The lowest BCUT2D eigenvalue weighted by Crippen LogP contribution is -2.29. The van der Waals surface area contributed by atoms with Gasteiger partial charge in [0.2, 0.25) is 5.91 Å². The standard InChI is InChI=1S/C12H15FN2O/c13-10-2-1-3-11(6-10)15-12(16)8-14-7-9-4-5-9/h1-3,6,9,14H,4-5,7-8H2,(H,15,16). The van der Waals surface area contributed by atoms with Crippen molar-refractivity contribution in [3.63, 3.8) is 0 Å². The van der Waals surface area contributed by atoms with Crippen LogP contribution in [0.3, 0.4) is 0 Å². The highest BCUT2D eigenvalue weighted by Crippen LogP contribution is 2.27. The minimum absolute atomic E-state index is 0.133. The SMILES string of the molecule is O=C(CNCC1CC1)Nc1cccc(F)c1. The molecule has 2 rings (SSSR count). The Morgan fingerprint density at radius 3 is 2.94 bits per heavy atom. The average Bonchev–Trinajstić information content (AvgIpc) is 3.01. The molecular weight excluding hydrogens is 207 g/mol. The van der Waals surface area contributed by atoms with Gasteiger partial charge in [0.15, 0.2) is 0 Å². The van der Waals surface area contributed by atoms with Crippen LogP contribution in [0.4, 0.5) is 10.1 Å². The van der Waals surface area contributed by atoms with Crippen LogP contribution in [-0.4, -0.2) is 19.0 Å². The van der Waals surface area contributed by atoms with Crippen molar-refractivity contribution >= 4 is 11.6 Å². The van der Waals surface area contributed by atoms with E-state index in [1.807, 2.05) is 0 Å². The van der Waals surface area contributed by atoms with Gasteiger partial charge >= 0.3 is 0 Å². The molecule has 0 radical (unpaired) electrons. The monoisotopic (exact) mass is 222 g/mol. The molecule has 4 heteroatoms. The van der Waals surface area contributed by atoms with Gasteiger partial charge in [-0.05, 0) is 43.5 Å². The molecule has 3 nitrogen and oxygen atoms in total. The van der Waals surface area contributed by atoms with E-state index in [2.05, 4.69) is 10.6 Å². The molecule has 0 heterocycles. The summed E-state index contributed by atoms with van der Waals surface area (Å²) in [6.45, 7) is 1.18. The summed E-state index contributed by atoms with van der Waals surface area (Å²) in [4.78, 5) is 11.4. The van der Waals surface area contributed by atoms with E-state index in [4.69, 9.17) is 0 Å². The molecule has 16 heavy (non-hydrogen) atoms. The lowest BCUT2D eigenvalue weighted by atomic mass is 10.3. The number of nitrogens with one attached hydrogen (secondary N) is 2. The zero-order chi connectivity index (χ0) is 11.4. The number of halogens is 1. The Balaban J connectivity index is 1.73. The Kier molecular flexibility index (Phi) is 3.51. The first-order valence-electron chi connectivity index (χ1n) is 5.50. The largest absolute Gasteiger partial charge is 0.325 e. The highest BCUT2D eigenvalue weighted by atomic mass is 19.1. The number of hydrogen-bond acceptors (Lipinski definition) is 2. The summed E-state index contributed by atoms with van der Waals surface area (Å²) in [7, 11) is 0. The van der Waals surface area contributed by atoms with Crippen LogP contribution >= 0.6 is 0 Å². The topological polar surface area (TPSA) is 41.1 Å². The summed E-state index contributed by atoms with van der Waals surface area (Å²) >= 11 is 0. The summed E-state index contributed by atoms with van der Waals surface area (Å²) in [6, 6.07) is 5.89. The third kappa shape index (κ3) is 3.62. The Hall–Kier alpha value is -1.42. The number of amides is 1. The molecule has 0 spiro atoms. The van der Waals surface area contributed by atoms with E-state index in [0.717, 1.165) is 12.5 Å². The van der Waals surface area contributed by atoms with Crippen molar-refractivity contribution < 1.29 is 9.18 Å². The second kappa shape index (κ2) is 5.07. The zero-order valence-electron chi connectivity index (χ0n) is 9.00. The first-order chi connectivity index (χ1) is 7.74. The molecule has 1 amide bonds. The third-order valence-electron chi connectivity index (χ3n) is 2.52. The summed E-state index contributed by atoms with van der Waals surface area (Å²) in [6.07, 6.45) is 2.52. The molecule has 0 saturated heterocycles. The number of anilines is 1. The van der Waals surface area contributed by atoms with Crippen LogP contribution in [0.5, 0.6) is 0 Å². The molecule has 1 saturated carbocycles. The van der Waals surface area contributed by atoms with Gasteiger partial charge in [-0.1, -0.05) is 6.07 Å². The Morgan fingerprint density at radius 2 is 2.25 bits per heavy atom. The van der Waals surface area contributed by atoms with Crippen LogP contribution in [-0.2, 0) is 4.79 Å². The van der Waals surface area contributed by atoms with Crippen LogP contribution in [0, 0.1) is 11.7 Å². The molecule has 1 aliphatic rings. The van der Waals surface area contributed by atoms with Gasteiger partial charge in [-0.2, -0.15) is 0 Å². The molecule has 0 aromatic heterocycles. The quantitative estimate of drug-likeness (QED) is 0.797. The molecule has 86 valence electrons.